The molecule has 1 aromatic rings. The molecule has 1 rings (SSSR count). The van der Waals surface area contributed by atoms with Crippen LogP contribution in [-0.4, -0.2) is 86.1 Å². The molecule has 1 heterocycles. The quantitative estimate of drug-likeness (QED) is 0.0166. The third-order valence-electron chi connectivity index (χ3n) is 10.1. The van der Waals surface area contributed by atoms with E-state index >= 15 is 0 Å². The van der Waals surface area contributed by atoms with E-state index in [-0.39, 0.29) is 26.1 Å². The van der Waals surface area contributed by atoms with Gasteiger partial charge in [-0.25, -0.2) is 4.57 Å². The van der Waals surface area contributed by atoms with Crippen molar-refractivity contribution in [1.29, 1.82) is 0 Å². The number of aliphatic hydroxyl groups is 1. The summed E-state index contributed by atoms with van der Waals surface area (Å²) in [6.07, 6.45) is 33.3. The number of carbonyl (C=O) groups excluding carboxylic acids is 2. The van der Waals surface area contributed by atoms with Gasteiger partial charge >= 0.3 is 19.8 Å². The number of quaternary nitrogens is 1. The summed E-state index contributed by atoms with van der Waals surface area (Å²) in [6.45, 7) is 8.44. The number of hydrogen-bond donors (Lipinski definition) is 2. The summed E-state index contributed by atoms with van der Waals surface area (Å²) in [5.41, 5.74) is 2.61. The Kier molecular flexibility index (Phi) is 31.1. The molecule has 1 aromatic heterocycles. The lowest BCUT2D eigenvalue weighted by atomic mass is 10.0. The summed E-state index contributed by atoms with van der Waals surface area (Å²) in [6, 6.07) is 0. The largest absolute Gasteiger partial charge is 0.472 e. The fraction of sp³-hybridized carbons (Fsp3) is 0.708. The lowest BCUT2D eigenvalue weighted by Crippen LogP contribution is -2.37. The summed E-state index contributed by atoms with van der Waals surface area (Å²) in [5.74, 6) is 1.35. The van der Waals surface area contributed by atoms with Gasteiger partial charge in [-0.05, 0) is 82.8 Å². The number of phosphoric ester groups is 1. The molecule has 1 unspecified atom stereocenters. The van der Waals surface area contributed by atoms with E-state index in [0.29, 0.717) is 36.7 Å². The fourth-order valence-corrected chi connectivity index (χ4v) is 7.00. The van der Waals surface area contributed by atoms with E-state index in [4.69, 9.17) is 22.9 Å². The van der Waals surface area contributed by atoms with Crippen LogP contribution in [0.3, 0.4) is 0 Å². The highest BCUT2D eigenvalue weighted by atomic mass is 31.2. The highest BCUT2D eigenvalue weighted by molar-refractivity contribution is 7.47. The molecule has 0 aliphatic heterocycles. The number of aryl methyl sites for hydroxylation is 2. The molecule has 0 aliphatic rings. The molecule has 0 aromatic carbocycles. The normalized spacial score (nSPS) is 14.5. The number of carbonyl (C=O) groups is 2. The number of allylic oxidation sites excluding steroid dienone is 6. The standard InChI is InChI=1S/C48H82NO10P/c1-8-10-11-12-21-26-32-43(50)33-27-22-17-13-15-19-24-29-35-47(51)55-39-44(40-57-60(53,54)56-38-37-49(5,6)7)58-48(52)36-30-25-20-16-14-18-23-28-34-46-42(4)41(3)45(59-46)31-9-2/h15,17,19,21-22,26-27,33,43-44,50H,8-14,16,18,20,23-25,28-32,34-40H2,1-7H3/p+1/b19-15-,22-17-,26-21-,33-27+/t43-,44-/m1/s1. The van der Waals surface area contributed by atoms with Crippen LogP contribution in [-0.2, 0) is 45.5 Å². The predicted octanol–water partition coefficient (Wildman–Crippen LogP) is 11.3. The van der Waals surface area contributed by atoms with Gasteiger partial charge in [0.15, 0.2) is 6.10 Å². The van der Waals surface area contributed by atoms with Crippen LogP contribution in [0.2, 0.25) is 0 Å². The average molecular weight is 865 g/mol. The number of likely N-dealkylation sites (N-methyl/N-ethyl adjacent to an activating group) is 1. The maximum Gasteiger partial charge on any atom is 0.472 e. The van der Waals surface area contributed by atoms with Crippen molar-refractivity contribution in [1.82, 2.24) is 0 Å². The minimum absolute atomic E-state index is 0.00422. The molecular formula is C48H83NO10P+. The number of esters is 2. The second kappa shape index (κ2) is 33.8. The van der Waals surface area contributed by atoms with Gasteiger partial charge in [0.1, 0.15) is 31.3 Å². The zero-order valence-electron chi connectivity index (χ0n) is 38.5. The zero-order chi connectivity index (χ0) is 44.5. The van der Waals surface area contributed by atoms with Crippen molar-refractivity contribution in [2.24, 2.45) is 0 Å². The van der Waals surface area contributed by atoms with Crippen molar-refractivity contribution in [3.05, 3.63) is 71.3 Å². The van der Waals surface area contributed by atoms with Crippen LogP contribution in [0.4, 0.5) is 0 Å². The maximum absolute atomic E-state index is 12.8. The lowest BCUT2D eigenvalue weighted by molar-refractivity contribution is -0.870. The fourth-order valence-electron chi connectivity index (χ4n) is 6.25. The summed E-state index contributed by atoms with van der Waals surface area (Å²) in [4.78, 5) is 35.5. The Morgan fingerprint density at radius 3 is 2.03 bits per heavy atom. The molecule has 60 heavy (non-hydrogen) atoms. The first kappa shape index (κ1) is 55.2. The number of ether oxygens (including phenoxy) is 2. The molecule has 0 fully saturated rings. The third kappa shape index (κ3) is 30.3. The van der Waals surface area contributed by atoms with Crippen LogP contribution in [0.15, 0.2) is 53.0 Å². The van der Waals surface area contributed by atoms with Gasteiger partial charge < -0.3 is 28.4 Å². The molecule has 0 bridgehead atoms. The average Bonchev–Trinajstić information content (AvgIpc) is 3.45. The minimum atomic E-state index is -4.42. The molecule has 0 radical (unpaired) electrons. The number of phosphoric acid groups is 1. The van der Waals surface area contributed by atoms with E-state index < -0.39 is 38.6 Å². The molecular weight excluding hydrogens is 781 g/mol. The van der Waals surface area contributed by atoms with Crippen LogP contribution in [0.1, 0.15) is 158 Å². The van der Waals surface area contributed by atoms with Crippen LogP contribution >= 0.6 is 7.82 Å². The number of rotatable bonds is 37. The third-order valence-corrected chi connectivity index (χ3v) is 11.1. The van der Waals surface area contributed by atoms with Gasteiger partial charge in [0.25, 0.3) is 0 Å². The van der Waals surface area contributed by atoms with Gasteiger partial charge in [-0.15, -0.1) is 0 Å². The van der Waals surface area contributed by atoms with Gasteiger partial charge in [-0.3, -0.25) is 18.6 Å². The maximum atomic E-state index is 12.8. The molecule has 344 valence electrons. The molecule has 3 atom stereocenters. The van der Waals surface area contributed by atoms with Gasteiger partial charge in [0.05, 0.1) is 33.9 Å². The second-order valence-electron chi connectivity index (χ2n) is 16.9. The molecule has 0 saturated heterocycles. The molecule has 2 N–H and O–H groups in total. The summed E-state index contributed by atoms with van der Waals surface area (Å²) in [7, 11) is 1.38. The van der Waals surface area contributed by atoms with Gasteiger partial charge in [-0.1, -0.05) is 114 Å². The lowest BCUT2D eigenvalue weighted by Gasteiger charge is -2.24. The zero-order valence-corrected chi connectivity index (χ0v) is 39.4. The van der Waals surface area contributed by atoms with Crippen LogP contribution in [0.5, 0.6) is 0 Å². The van der Waals surface area contributed by atoms with E-state index in [1.54, 1.807) is 6.08 Å². The number of unbranched alkanes of at least 4 members (excludes halogenated alkanes) is 11. The predicted molar refractivity (Wildman–Crippen MR) is 243 cm³/mol. The first-order chi connectivity index (χ1) is 28.7. The minimum Gasteiger partial charge on any atom is -0.466 e. The van der Waals surface area contributed by atoms with Crippen molar-refractivity contribution in [2.45, 2.75) is 175 Å². The van der Waals surface area contributed by atoms with E-state index in [1.165, 1.54) is 43.2 Å². The Hall–Kier alpha value is -2.79. The highest BCUT2D eigenvalue weighted by Gasteiger charge is 2.27. The molecule has 11 nitrogen and oxygen atoms in total. The molecule has 12 heteroatoms. The van der Waals surface area contributed by atoms with Crippen molar-refractivity contribution >= 4 is 19.8 Å². The first-order valence-corrected chi connectivity index (χ1v) is 24.3. The molecule has 0 aliphatic carbocycles. The number of furan rings is 1. The van der Waals surface area contributed by atoms with Crippen LogP contribution in [0.25, 0.3) is 0 Å². The van der Waals surface area contributed by atoms with E-state index in [2.05, 4.69) is 33.8 Å². The summed E-state index contributed by atoms with van der Waals surface area (Å²) in [5, 5.41) is 10.1. The highest BCUT2D eigenvalue weighted by Crippen LogP contribution is 2.43. The van der Waals surface area contributed by atoms with Gasteiger partial charge in [0.2, 0.25) is 0 Å². The van der Waals surface area contributed by atoms with Crippen LogP contribution < -0.4 is 0 Å². The van der Waals surface area contributed by atoms with Crippen molar-refractivity contribution in [3.63, 3.8) is 0 Å². The Bertz CT molecular complexity index is 1460. The topological polar surface area (TPSA) is 142 Å². The molecule has 0 amide bonds. The Morgan fingerprint density at radius 2 is 1.35 bits per heavy atom. The Balaban J connectivity index is 2.40. The summed E-state index contributed by atoms with van der Waals surface area (Å²) >= 11 is 0. The summed E-state index contributed by atoms with van der Waals surface area (Å²) < 4.78 is 40.4. The number of aliphatic hydroxyl groups excluding tert-OH is 1. The Morgan fingerprint density at radius 1 is 0.717 bits per heavy atom. The van der Waals surface area contributed by atoms with E-state index in [1.807, 2.05) is 57.6 Å². The number of nitrogens with zero attached hydrogens (tertiary/aromatic N) is 1. The van der Waals surface area contributed by atoms with E-state index in [9.17, 15) is 24.2 Å². The Labute approximate surface area is 363 Å². The van der Waals surface area contributed by atoms with Gasteiger partial charge in [0, 0.05) is 25.7 Å². The number of hydrogen-bond acceptors (Lipinski definition) is 9. The monoisotopic (exact) mass is 865 g/mol. The van der Waals surface area contributed by atoms with Gasteiger partial charge in [-0.2, -0.15) is 0 Å². The SMILES string of the molecule is CCCCC/C=C\C[C@@H](O)/C=C/C=C\C/C=C\CCCC(=O)OC[C@H](COP(=O)(O)OCC[N+](C)(C)C)OC(=O)CCCCCCCCCCc1oc(CCC)c(C)c1C. The van der Waals surface area contributed by atoms with Crippen molar-refractivity contribution in [3.8, 4) is 0 Å². The van der Waals surface area contributed by atoms with Crippen molar-refractivity contribution < 1.29 is 51.6 Å². The second-order valence-corrected chi connectivity index (χ2v) is 18.3. The van der Waals surface area contributed by atoms with Crippen LogP contribution in [0, 0.1) is 13.8 Å². The molecule has 0 saturated carbocycles. The van der Waals surface area contributed by atoms with Crippen molar-refractivity contribution in [2.75, 3.05) is 47.5 Å². The molecule has 0 spiro atoms. The smallest absolute Gasteiger partial charge is 0.466 e. The van der Waals surface area contributed by atoms with E-state index in [0.717, 1.165) is 75.7 Å². The first-order valence-electron chi connectivity index (χ1n) is 22.8.